The van der Waals surface area contributed by atoms with Crippen molar-refractivity contribution in [2.75, 3.05) is 19.0 Å². The van der Waals surface area contributed by atoms with E-state index in [0.29, 0.717) is 21.9 Å². The molecule has 1 N–H and O–H groups in total. The molecule has 33 heavy (non-hydrogen) atoms. The lowest BCUT2D eigenvalue weighted by Gasteiger charge is -2.11. The van der Waals surface area contributed by atoms with Gasteiger partial charge in [-0.15, -0.1) is 11.3 Å². The summed E-state index contributed by atoms with van der Waals surface area (Å²) >= 11 is 1.21. The Hall–Kier alpha value is -3.89. The van der Waals surface area contributed by atoms with Gasteiger partial charge in [0.2, 0.25) is 0 Å². The fourth-order valence-electron chi connectivity index (χ4n) is 3.43. The molecule has 0 fully saturated rings. The fraction of sp³-hybridized carbons (Fsp3) is 0.192. The van der Waals surface area contributed by atoms with Crippen molar-refractivity contribution in [2.45, 2.75) is 20.8 Å². The average molecular weight is 461 g/mol. The first-order chi connectivity index (χ1) is 15.9. The molecule has 1 aromatic heterocycles. The summed E-state index contributed by atoms with van der Waals surface area (Å²) in [4.78, 5) is 25.8. The molecule has 0 atom stereocenters. The number of ether oxygens (including phenoxy) is 2. The van der Waals surface area contributed by atoms with Crippen LogP contribution in [-0.4, -0.2) is 25.6 Å². The Bertz CT molecular complexity index is 1270. The molecule has 7 heteroatoms. The quantitative estimate of drug-likeness (QED) is 0.275. The number of nitriles is 1. The zero-order valence-corrected chi connectivity index (χ0v) is 19.7. The number of thiophene rings is 1. The van der Waals surface area contributed by atoms with E-state index in [9.17, 15) is 14.9 Å². The van der Waals surface area contributed by atoms with Crippen molar-refractivity contribution in [3.8, 4) is 22.9 Å². The Morgan fingerprint density at radius 2 is 1.91 bits per heavy atom. The summed E-state index contributed by atoms with van der Waals surface area (Å²) in [6.07, 6.45) is 1.46. The summed E-state index contributed by atoms with van der Waals surface area (Å²) in [6.45, 7) is 5.89. The number of nitrogens with zero attached hydrogens (tertiary/aromatic N) is 1. The number of esters is 1. The van der Waals surface area contributed by atoms with E-state index >= 15 is 0 Å². The zero-order chi connectivity index (χ0) is 24.0. The Morgan fingerprint density at radius 3 is 2.58 bits per heavy atom. The predicted molar refractivity (Wildman–Crippen MR) is 130 cm³/mol. The smallest absolute Gasteiger partial charge is 0.341 e. The van der Waals surface area contributed by atoms with E-state index in [1.807, 2.05) is 43.5 Å². The summed E-state index contributed by atoms with van der Waals surface area (Å²) in [5.74, 6) is -0.613. The maximum absolute atomic E-state index is 12.9. The second-order valence-electron chi connectivity index (χ2n) is 7.26. The van der Waals surface area contributed by atoms with Crippen molar-refractivity contribution in [3.63, 3.8) is 0 Å². The number of anilines is 1. The van der Waals surface area contributed by atoms with E-state index in [1.54, 1.807) is 31.2 Å². The zero-order valence-electron chi connectivity index (χ0n) is 18.9. The van der Waals surface area contributed by atoms with Crippen LogP contribution in [0.5, 0.6) is 5.75 Å². The molecule has 0 aliphatic rings. The van der Waals surface area contributed by atoms with Crippen LogP contribution in [-0.2, 0) is 9.53 Å². The number of rotatable bonds is 7. The van der Waals surface area contributed by atoms with Crippen molar-refractivity contribution in [1.82, 2.24) is 0 Å². The van der Waals surface area contributed by atoms with Gasteiger partial charge in [0, 0.05) is 16.5 Å². The normalized spacial score (nSPS) is 10.9. The molecule has 6 nitrogen and oxygen atoms in total. The standard InChI is InChI=1S/C26H24N2O4S/c1-5-32-26(30)23-21(20-11-10-16(2)12-17(20)3)15-33-25(23)28-24(29)19(14-27)13-18-8-6-7-9-22(18)31-4/h6-13,15H,5H2,1-4H3,(H,28,29)/b19-13+. The molecule has 0 unspecified atom stereocenters. The van der Waals surface area contributed by atoms with E-state index in [4.69, 9.17) is 9.47 Å². The van der Waals surface area contributed by atoms with E-state index in [-0.39, 0.29) is 17.7 Å². The highest BCUT2D eigenvalue weighted by molar-refractivity contribution is 7.15. The molecule has 1 amide bonds. The van der Waals surface area contributed by atoms with E-state index in [2.05, 4.69) is 5.32 Å². The molecule has 168 valence electrons. The molecule has 0 bridgehead atoms. The summed E-state index contributed by atoms with van der Waals surface area (Å²) in [5.41, 5.74) is 4.43. The van der Waals surface area contributed by atoms with Crippen LogP contribution in [0.3, 0.4) is 0 Å². The average Bonchev–Trinajstić information content (AvgIpc) is 3.20. The number of carbonyl (C=O) groups excluding carboxylic acids is 2. The lowest BCUT2D eigenvalue weighted by molar-refractivity contribution is -0.112. The highest BCUT2D eigenvalue weighted by Gasteiger charge is 2.24. The topological polar surface area (TPSA) is 88.4 Å². The monoisotopic (exact) mass is 460 g/mol. The maximum Gasteiger partial charge on any atom is 0.341 e. The van der Waals surface area contributed by atoms with Crippen LogP contribution in [0.1, 0.15) is 34.0 Å². The van der Waals surface area contributed by atoms with E-state index in [1.165, 1.54) is 24.5 Å². The first-order valence-corrected chi connectivity index (χ1v) is 11.2. The van der Waals surface area contributed by atoms with Gasteiger partial charge in [-0.3, -0.25) is 4.79 Å². The number of amides is 1. The molecular weight excluding hydrogens is 436 g/mol. The number of para-hydroxylation sites is 1. The maximum atomic E-state index is 12.9. The minimum atomic E-state index is -0.622. The van der Waals surface area contributed by atoms with Gasteiger partial charge in [-0.05, 0) is 44.0 Å². The van der Waals surface area contributed by atoms with E-state index < -0.39 is 11.9 Å². The molecule has 2 aromatic carbocycles. The van der Waals surface area contributed by atoms with Crippen LogP contribution < -0.4 is 10.1 Å². The van der Waals surface area contributed by atoms with Crippen molar-refractivity contribution < 1.29 is 19.1 Å². The third-order valence-electron chi connectivity index (χ3n) is 4.97. The fourth-order valence-corrected chi connectivity index (χ4v) is 4.37. The minimum absolute atomic E-state index is 0.115. The second kappa shape index (κ2) is 10.6. The number of methoxy groups -OCH3 is 1. The van der Waals surface area contributed by atoms with Gasteiger partial charge in [-0.1, -0.05) is 42.0 Å². The molecular formula is C26H24N2O4S. The predicted octanol–water partition coefficient (Wildman–Crippen LogP) is 5.76. The van der Waals surface area contributed by atoms with Gasteiger partial charge >= 0.3 is 5.97 Å². The highest BCUT2D eigenvalue weighted by Crippen LogP contribution is 2.38. The number of benzene rings is 2. The summed E-state index contributed by atoms with van der Waals surface area (Å²) < 4.78 is 10.6. The molecule has 0 aliphatic heterocycles. The van der Waals surface area contributed by atoms with Crippen LogP contribution in [0.25, 0.3) is 17.2 Å². The first kappa shape index (κ1) is 23.8. The van der Waals surface area contributed by atoms with Crippen LogP contribution in [0, 0.1) is 25.2 Å². The molecule has 0 radical (unpaired) electrons. The first-order valence-electron chi connectivity index (χ1n) is 10.3. The second-order valence-corrected chi connectivity index (χ2v) is 8.14. The molecule has 0 saturated carbocycles. The van der Waals surface area contributed by atoms with Gasteiger partial charge in [-0.25, -0.2) is 4.79 Å². The Balaban J connectivity index is 2.01. The van der Waals surface area contributed by atoms with Gasteiger partial charge in [0.15, 0.2) is 0 Å². The Labute approximate surface area is 197 Å². The largest absolute Gasteiger partial charge is 0.496 e. The van der Waals surface area contributed by atoms with E-state index in [0.717, 1.165) is 16.7 Å². The summed E-state index contributed by atoms with van der Waals surface area (Å²) in [7, 11) is 1.52. The lowest BCUT2D eigenvalue weighted by atomic mass is 9.97. The number of nitrogens with one attached hydrogen (secondary N) is 1. The molecule has 0 aliphatic carbocycles. The number of aryl methyl sites for hydroxylation is 2. The molecule has 1 heterocycles. The van der Waals surface area contributed by atoms with Crippen LogP contribution in [0.15, 0.2) is 53.4 Å². The van der Waals surface area contributed by atoms with Gasteiger partial charge in [0.25, 0.3) is 5.91 Å². The molecule has 3 rings (SSSR count). The minimum Gasteiger partial charge on any atom is -0.496 e. The molecule has 3 aromatic rings. The van der Waals surface area contributed by atoms with Gasteiger partial charge in [0.05, 0.1) is 13.7 Å². The number of hydrogen-bond donors (Lipinski definition) is 1. The van der Waals surface area contributed by atoms with Gasteiger partial charge in [0.1, 0.15) is 28.0 Å². The van der Waals surface area contributed by atoms with Crippen molar-refractivity contribution in [3.05, 3.63) is 75.7 Å². The summed E-state index contributed by atoms with van der Waals surface area (Å²) in [6, 6.07) is 15.0. The SMILES string of the molecule is CCOC(=O)c1c(-c2ccc(C)cc2C)csc1NC(=O)/C(C#N)=C/c1ccccc1OC. The van der Waals surface area contributed by atoms with Gasteiger partial charge in [-0.2, -0.15) is 5.26 Å². The number of hydrogen-bond acceptors (Lipinski definition) is 6. The van der Waals surface area contributed by atoms with Crippen molar-refractivity contribution in [1.29, 1.82) is 5.26 Å². The van der Waals surface area contributed by atoms with Crippen molar-refractivity contribution in [2.24, 2.45) is 0 Å². The summed E-state index contributed by atoms with van der Waals surface area (Å²) in [5, 5.41) is 14.5. The molecule has 0 spiro atoms. The Kier molecular flexibility index (Phi) is 7.65. The van der Waals surface area contributed by atoms with Crippen LogP contribution in [0.4, 0.5) is 5.00 Å². The molecule has 0 saturated heterocycles. The van der Waals surface area contributed by atoms with Crippen LogP contribution >= 0.6 is 11.3 Å². The third-order valence-corrected chi connectivity index (χ3v) is 5.87. The highest BCUT2D eigenvalue weighted by atomic mass is 32.1. The van der Waals surface area contributed by atoms with Crippen molar-refractivity contribution >= 4 is 34.3 Å². The lowest BCUT2D eigenvalue weighted by Crippen LogP contribution is -2.16. The van der Waals surface area contributed by atoms with Crippen LogP contribution in [0.2, 0.25) is 0 Å². The Morgan fingerprint density at radius 1 is 1.15 bits per heavy atom. The number of carbonyl (C=O) groups is 2. The van der Waals surface area contributed by atoms with Gasteiger partial charge < -0.3 is 14.8 Å². The third kappa shape index (κ3) is 5.30.